The molecule has 0 bridgehead atoms. The van der Waals surface area contributed by atoms with Crippen LogP contribution < -0.4 is 9.46 Å². The van der Waals surface area contributed by atoms with Crippen molar-refractivity contribution in [2.75, 3.05) is 17.6 Å². The van der Waals surface area contributed by atoms with E-state index in [0.717, 1.165) is 11.4 Å². The minimum absolute atomic E-state index is 0.603. The highest BCUT2D eigenvalue weighted by Crippen LogP contribution is 2.15. The van der Waals surface area contributed by atoms with E-state index in [1.165, 1.54) is 0 Å². The van der Waals surface area contributed by atoms with E-state index in [-0.39, 0.29) is 0 Å². The van der Waals surface area contributed by atoms with E-state index in [4.69, 9.17) is 4.74 Å². The topological polar surface area (TPSA) is 44.3 Å². The molecule has 0 aliphatic rings. The van der Waals surface area contributed by atoms with Crippen LogP contribution in [0, 0.1) is 0 Å². The molecule has 0 fully saturated rings. The second-order valence-electron chi connectivity index (χ2n) is 2.46. The Kier molecular flexibility index (Phi) is 3.92. The lowest BCUT2D eigenvalue weighted by atomic mass is 10.3. The lowest BCUT2D eigenvalue weighted by molar-refractivity contribution is 0.415. The van der Waals surface area contributed by atoms with E-state index in [1.54, 1.807) is 7.11 Å². The van der Waals surface area contributed by atoms with Gasteiger partial charge in [-0.25, -0.2) is 4.72 Å². The van der Waals surface area contributed by atoms with E-state index in [9.17, 15) is 4.55 Å². The first kappa shape index (κ1) is 10.2. The molecule has 72 valence electrons. The van der Waals surface area contributed by atoms with Crippen LogP contribution >= 0.6 is 0 Å². The number of rotatable bonds is 4. The number of anilines is 1. The minimum Gasteiger partial charge on any atom is -0.593 e. The van der Waals surface area contributed by atoms with Crippen molar-refractivity contribution in [3.8, 4) is 5.75 Å². The molecule has 1 aromatic carbocycles. The van der Waals surface area contributed by atoms with Gasteiger partial charge in [-0.15, -0.1) is 0 Å². The average Bonchev–Trinajstić information content (AvgIpc) is 2.19. The molecule has 1 unspecified atom stereocenters. The zero-order valence-electron chi connectivity index (χ0n) is 7.74. The van der Waals surface area contributed by atoms with Gasteiger partial charge in [-0.05, 0) is 31.2 Å². The van der Waals surface area contributed by atoms with Crippen molar-refractivity contribution in [3.63, 3.8) is 0 Å². The normalized spacial score (nSPS) is 12.2. The van der Waals surface area contributed by atoms with Crippen LogP contribution in [0.2, 0.25) is 0 Å². The third kappa shape index (κ3) is 3.16. The van der Waals surface area contributed by atoms with Gasteiger partial charge in [0, 0.05) is 0 Å². The molecule has 0 amide bonds. The van der Waals surface area contributed by atoms with Gasteiger partial charge < -0.3 is 9.29 Å². The van der Waals surface area contributed by atoms with Crippen molar-refractivity contribution in [1.29, 1.82) is 0 Å². The summed E-state index contributed by atoms with van der Waals surface area (Å²) in [6, 6.07) is 7.34. The standard InChI is InChI=1S/C9H13NO2S/c1-3-13(11)10-8-4-6-9(12-2)7-5-8/h4-7,10H,3H2,1-2H3. The molecule has 0 saturated heterocycles. The van der Waals surface area contributed by atoms with Crippen molar-refractivity contribution in [3.05, 3.63) is 24.3 Å². The molecule has 13 heavy (non-hydrogen) atoms. The number of nitrogens with one attached hydrogen (secondary N) is 1. The van der Waals surface area contributed by atoms with Crippen molar-refractivity contribution in [2.24, 2.45) is 0 Å². The number of ether oxygens (including phenoxy) is 1. The number of benzene rings is 1. The van der Waals surface area contributed by atoms with E-state index in [1.807, 2.05) is 31.2 Å². The van der Waals surface area contributed by atoms with Gasteiger partial charge in [0.25, 0.3) is 0 Å². The molecule has 0 aliphatic carbocycles. The molecule has 1 N–H and O–H groups in total. The minimum atomic E-state index is -0.977. The van der Waals surface area contributed by atoms with E-state index < -0.39 is 11.4 Å². The molecule has 0 aromatic heterocycles. The highest BCUT2D eigenvalue weighted by atomic mass is 32.2. The second-order valence-corrected chi connectivity index (χ2v) is 3.94. The zero-order valence-corrected chi connectivity index (χ0v) is 8.56. The first-order valence-electron chi connectivity index (χ1n) is 4.05. The lowest BCUT2D eigenvalue weighted by Crippen LogP contribution is -2.14. The summed E-state index contributed by atoms with van der Waals surface area (Å²) in [5.74, 6) is 1.40. The summed E-state index contributed by atoms with van der Waals surface area (Å²) in [6.07, 6.45) is 0. The quantitative estimate of drug-likeness (QED) is 0.752. The predicted molar refractivity (Wildman–Crippen MR) is 55.3 cm³/mol. The highest BCUT2D eigenvalue weighted by Gasteiger charge is 2.01. The lowest BCUT2D eigenvalue weighted by Gasteiger charge is -2.09. The van der Waals surface area contributed by atoms with Gasteiger partial charge in [0.1, 0.15) is 11.5 Å². The maximum atomic E-state index is 11.1. The molecular formula is C9H13NO2S. The maximum absolute atomic E-state index is 11.1. The fourth-order valence-electron chi connectivity index (χ4n) is 0.863. The monoisotopic (exact) mass is 199 g/mol. The Labute approximate surface area is 81.4 Å². The van der Waals surface area contributed by atoms with Crippen LogP contribution in [0.4, 0.5) is 5.69 Å². The molecule has 0 aliphatic heterocycles. The van der Waals surface area contributed by atoms with E-state index in [0.29, 0.717) is 5.75 Å². The Morgan fingerprint density at radius 3 is 2.46 bits per heavy atom. The van der Waals surface area contributed by atoms with Crippen molar-refractivity contribution in [1.82, 2.24) is 0 Å². The van der Waals surface area contributed by atoms with Gasteiger partial charge in [-0.1, -0.05) is 0 Å². The van der Waals surface area contributed by atoms with Gasteiger partial charge >= 0.3 is 0 Å². The third-order valence-electron chi connectivity index (χ3n) is 1.58. The fraction of sp³-hybridized carbons (Fsp3) is 0.333. The van der Waals surface area contributed by atoms with Gasteiger partial charge in [-0.2, -0.15) is 0 Å². The molecular weight excluding hydrogens is 186 g/mol. The average molecular weight is 199 g/mol. The number of hydrogen-bond donors (Lipinski definition) is 1. The van der Waals surface area contributed by atoms with Crippen molar-refractivity contribution >= 4 is 17.0 Å². The predicted octanol–water partition coefficient (Wildman–Crippen LogP) is 1.79. The Balaban J connectivity index is 2.58. The van der Waals surface area contributed by atoms with Crippen LogP contribution in [0.1, 0.15) is 6.92 Å². The number of methoxy groups -OCH3 is 1. The van der Waals surface area contributed by atoms with Crippen molar-refractivity contribution in [2.45, 2.75) is 6.92 Å². The Hall–Kier alpha value is -0.870. The summed E-state index contributed by atoms with van der Waals surface area (Å²) >= 11 is -0.977. The van der Waals surface area contributed by atoms with E-state index >= 15 is 0 Å². The van der Waals surface area contributed by atoms with Crippen LogP contribution in [-0.2, 0) is 11.4 Å². The molecule has 0 saturated carbocycles. The summed E-state index contributed by atoms with van der Waals surface area (Å²) < 4.78 is 19.0. The maximum Gasteiger partial charge on any atom is 0.128 e. The van der Waals surface area contributed by atoms with Crippen LogP contribution in [-0.4, -0.2) is 17.4 Å². The summed E-state index contributed by atoms with van der Waals surface area (Å²) in [7, 11) is 1.62. The summed E-state index contributed by atoms with van der Waals surface area (Å²) in [5.41, 5.74) is 0.848. The molecule has 4 heteroatoms. The first-order valence-corrected chi connectivity index (χ1v) is 5.37. The van der Waals surface area contributed by atoms with Gasteiger partial charge in [0.15, 0.2) is 0 Å². The Morgan fingerprint density at radius 1 is 1.38 bits per heavy atom. The second kappa shape index (κ2) is 4.99. The number of hydrogen-bond acceptors (Lipinski definition) is 3. The zero-order chi connectivity index (χ0) is 9.68. The van der Waals surface area contributed by atoms with Gasteiger partial charge in [0.05, 0.1) is 24.2 Å². The molecule has 3 nitrogen and oxygen atoms in total. The summed E-state index contributed by atoms with van der Waals surface area (Å²) in [6.45, 7) is 1.87. The third-order valence-corrected chi connectivity index (χ3v) is 2.57. The van der Waals surface area contributed by atoms with Gasteiger partial charge in [-0.3, -0.25) is 0 Å². The van der Waals surface area contributed by atoms with Crippen LogP contribution in [0.5, 0.6) is 5.75 Å². The van der Waals surface area contributed by atoms with Crippen LogP contribution in [0.15, 0.2) is 24.3 Å². The van der Waals surface area contributed by atoms with Crippen LogP contribution in [0.25, 0.3) is 0 Å². The molecule has 1 aromatic rings. The molecule has 1 rings (SSSR count). The molecule has 0 radical (unpaired) electrons. The highest BCUT2D eigenvalue weighted by molar-refractivity contribution is 7.92. The Bertz CT molecular complexity index is 250. The Morgan fingerprint density at radius 2 is 2.00 bits per heavy atom. The SMILES string of the molecule is CC[S+]([O-])Nc1ccc(OC)cc1. The van der Waals surface area contributed by atoms with Crippen molar-refractivity contribution < 1.29 is 9.29 Å². The first-order chi connectivity index (χ1) is 6.26. The fourth-order valence-corrected chi connectivity index (χ4v) is 1.41. The molecule has 1 atom stereocenters. The molecule has 0 heterocycles. The van der Waals surface area contributed by atoms with Crippen LogP contribution in [0.3, 0.4) is 0 Å². The van der Waals surface area contributed by atoms with Gasteiger partial charge in [0.2, 0.25) is 0 Å². The molecule has 0 spiro atoms. The largest absolute Gasteiger partial charge is 0.593 e. The summed E-state index contributed by atoms with van der Waals surface area (Å²) in [5, 5.41) is 0. The van der Waals surface area contributed by atoms with E-state index in [2.05, 4.69) is 4.72 Å². The smallest absolute Gasteiger partial charge is 0.128 e. The summed E-state index contributed by atoms with van der Waals surface area (Å²) in [4.78, 5) is 0.